The first-order valence-corrected chi connectivity index (χ1v) is 4.73. The Morgan fingerprint density at radius 1 is 1.50 bits per heavy atom. The molecule has 1 aromatic carbocycles. The maximum absolute atomic E-state index is 13.4. The van der Waals surface area contributed by atoms with E-state index in [1.165, 1.54) is 6.07 Å². The van der Waals surface area contributed by atoms with E-state index in [1.54, 1.807) is 6.07 Å². The number of rotatable bonds is 0. The summed E-state index contributed by atoms with van der Waals surface area (Å²) in [6.45, 7) is 3.84. The molecule has 0 saturated heterocycles. The second kappa shape index (κ2) is 2.95. The van der Waals surface area contributed by atoms with Gasteiger partial charge in [-0.25, -0.2) is 4.39 Å². The van der Waals surface area contributed by atoms with Crippen molar-refractivity contribution in [3.05, 3.63) is 29.6 Å². The molecular formula is C11H14FNO. The number of halogens is 1. The SMILES string of the molecule is CC1(C)CC(N)c2cccc(F)c2O1. The molecule has 0 bridgehead atoms. The molecule has 1 atom stereocenters. The van der Waals surface area contributed by atoms with E-state index in [1.807, 2.05) is 19.9 Å². The number of hydrogen-bond donors (Lipinski definition) is 1. The molecule has 2 rings (SSSR count). The van der Waals surface area contributed by atoms with Gasteiger partial charge >= 0.3 is 0 Å². The van der Waals surface area contributed by atoms with Crippen LogP contribution in [0.2, 0.25) is 0 Å². The van der Waals surface area contributed by atoms with Crippen molar-refractivity contribution in [2.24, 2.45) is 5.73 Å². The second-order valence-corrected chi connectivity index (χ2v) is 4.33. The summed E-state index contributed by atoms with van der Waals surface area (Å²) in [5.74, 6) is -0.0121. The normalized spacial score (nSPS) is 23.9. The molecule has 76 valence electrons. The van der Waals surface area contributed by atoms with Crippen LogP contribution in [0, 0.1) is 5.82 Å². The Bertz CT molecular complexity index is 362. The number of ether oxygens (including phenoxy) is 1. The largest absolute Gasteiger partial charge is 0.484 e. The molecule has 0 aromatic heterocycles. The fourth-order valence-corrected chi connectivity index (χ4v) is 1.88. The smallest absolute Gasteiger partial charge is 0.165 e. The van der Waals surface area contributed by atoms with Gasteiger partial charge < -0.3 is 10.5 Å². The van der Waals surface area contributed by atoms with Crippen molar-refractivity contribution in [2.75, 3.05) is 0 Å². The molecule has 1 unspecified atom stereocenters. The van der Waals surface area contributed by atoms with E-state index in [4.69, 9.17) is 10.5 Å². The van der Waals surface area contributed by atoms with Crippen LogP contribution in [0.4, 0.5) is 4.39 Å². The van der Waals surface area contributed by atoms with Gasteiger partial charge in [-0.05, 0) is 19.9 Å². The molecule has 14 heavy (non-hydrogen) atoms. The average Bonchev–Trinajstić information content (AvgIpc) is 2.05. The van der Waals surface area contributed by atoms with Gasteiger partial charge in [0.05, 0.1) is 0 Å². The van der Waals surface area contributed by atoms with Crippen molar-refractivity contribution in [1.29, 1.82) is 0 Å². The van der Waals surface area contributed by atoms with Crippen LogP contribution in [0.15, 0.2) is 18.2 Å². The van der Waals surface area contributed by atoms with E-state index >= 15 is 0 Å². The van der Waals surface area contributed by atoms with E-state index in [0.29, 0.717) is 12.2 Å². The lowest BCUT2D eigenvalue weighted by molar-refractivity contribution is 0.0674. The monoisotopic (exact) mass is 195 g/mol. The third kappa shape index (κ3) is 1.48. The molecule has 1 heterocycles. The van der Waals surface area contributed by atoms with Crippen molar-refractivity contribution in [3.8, 4) is 5.75 Å². The minimum Gasteiger partial charge on any atom is -0.484 e. The van der Waals surface area contributed by atoms with Crippen LogP contribution in [0.5, 0.6) is 5.75 Å². The van der Waals surface area contributed by atoms with Crippen LogP contribution in [-0.2, 0) is 0 Å². The standard InChI is InChI=1S/C11H14FNO/c1-11(2)6-9(13)7-4-3-5-8(12)10(7)14-11/h3-5,9H,6,13H2,1-2H3. The summed E-state index contributed by atoms with van der Waals surface area (Å²) >= 11 is 0. The van der Waals surface area contributed by atoms with Gasteiger partial charge in [-0.2, -0.15) is 0 Å². The van der Waals surface area contributed by atoms with Crippen LogP contribution in [0.25, 0.3) is 0 Å². The predicted molar refractivity (Wildman–Crippen MR) is 52.7 cm³/mol. The van der Waals surface area contributed by atoms with Crippen LogP contribution < -0.4 is 10.5 Å². The van der Waals surface area contributed by atoms with Crippen molar-refractivity contribution in [3.63, 3.8) is 0 Å². The quantitative estimate of drug-likeness (QED) is 0.689. The number of nitrogens with two attached hydrogens (primary N) is 1. The van der Waals surface area contributed by atoms with Crippen LogP contribution in [0.3, 0.4) is 0 Å². The fraction of sp³-hybridized carbons (Fsp3) is 0.455. The van der Waals surface area contributed by atoms with Gasteiger partial charge in [0.15, 0.2) is 11.6 Å². The molecule has 2 N–H and O–H groups in total. The van der Waals surface area contributed by atoms with Crippen molar-refractivity contribution in [1.82, 2.24) is 0 Å². The third-order valence-corrected chi connectivity index (χ3v) is 2.49. The summed E-state index contributed by atoms with van der Waals surface area (Å²) in [6.07, 6.45) is 0.712. The average molecular weight is 195 g/mol. The van der Waals surface area contributed by atoms with Gasteiger partial charge in [0.25, 0.3) is 0 Å². The van der Waals surface area contributed by atoms with Crippen LogP contribution in [0.1, 0.15) is 31.9 Å². The summed E-state index contributed by atoms with van der Waals surface area (Å²) in [7, 11) is 0. The highest BCUT2D eigenvalue weighted by Crippen LogP contribution is 2.39. The minimum absolute atomic E-state index is 0.135. The Balaban J connectivity index is 2.51. The number of benzene rings is 1. The Kier molecular flexibility index (Phi) is 2.00. The lowest BCUT2D eigenvalue weighted by atomic mass is 9.90. The lowest BCUT2D eigenvalue weighted by Crippen LogP contribution is -2.37. The van der Waals surface area contributed by atoms with Gasteiger partial charge in [0.2, 0.25) is 0 Å². The zero-order chi connectivity index (χ0) is 10.3. The van der Waals surface area contributed by atoms with E-state index in [0.717, 1.165) is 5.56 Å². The summed E-state index contributed by atoms with van der Waals surface area (Å²) in [6, 6.07) is 4.74. The third-order valence-electron chi connectivity index (χ3n) is 2.49. The van der Waals surface area contributed by atoms with E-state index in [-0.39, 0.29) is 17.5 Å². The molecule has 0 fully saturated rings. The van der Waals surface area contributed by atoms with Gasteiger partial charge in [-0.15, -0.1) is 0 Å². The first kappa shape index (κ1) is 9.46. The number of para-hydroxylation sites is 1. The molecule has 0 radical (unpaired) electrons. The van der Waals surface area contributed by atoms with Crippen LogP contribution in [-0.4, -0.2) is 5.60 Å². The first-order chi connectivity index (χ1) is 6.49. The summed E-state index contributed by atoms with van der Waals surface area (Å²) in [5, 5.41) is 0. The molecule has 3 heteroatoms. The van der Waals surface area contributed by atoms with Crippen molar-refractivity contribution < 1.29 is 9.13 Å². The zero-order valence-electron chi connectivity index (χ0n) is 8.38. The number of hydrogen-bond acceptors (Lipinski definition) is 2. The molecule has 0 saturated carbocycles. The van der Waals surface area contributed by atoms with Gasteiger partial charge in [0.1, 0.15) is 5.60 Å². The summed E-state index contributed by atoms with van der Waals surface area (Å²) in [4.78, 5) is 0. The Morgan fingerprint density at radius 2 is 2.21 bits per heavy atom. The molecule has 1 aliphatic heterocycles. The molecule has 1 aromatic rings. The maximum Gasteiger partial charge on any atom is 0.165 e. The highest BCUT2D eigenvalue weighted by molar-refractivity contribution is 5.39. The molecule has 1 aliphatic rings. The van der Waals surface area contributed by atoms with E-state index in [2.05, 4.69) is 0 Å². The Labute approximate surface area is 82.9 Å². The van der Waals surface area contributed by atoms with Crippen molar-refractivity contribution in [2.45, 2.75) is 31.9 Å². The first-order valence-electron chi connectivity index (χ1n) is 4.73. The Morgan fingerprint density at radius 3 is 2.93 bits per heavy atom. The van der Waals surface area contributed by atoms with Gasteiger partial charge in [-0.3, -0.25) is 0 Å². The molecule has 0 spiro atoms. The summed E-state index contributed by atoms with van der Waals surface area (Å²) in [5.41, 5.74) is 6.33. The van der Waals surface area contributed by atoms with Crippen molar-refractivity contribution >= 4 is 0 Å². The lowest BCUT2D eigenvalue weighted by Gasteiger charge is -2.36. The minimum atomic E-state index is -0.380. The predicted octanol–water partition coefficient (Wildman–Crippen LogP) is 2.39. The van der Waals surface area contributed by atoms with E-state index in [9.17, 15) is 4.39 Å². The summed E-state index contributed by atoms with van der Waals surface area (Å²) < 4.78 is 19.0. The highest BCUT2D eigenvalue weighted by atomic mass is 19.1. The zero-order valence-corrected chi connectivity index (χ0v) is 8.38. The molecule has 0 amide bonds. The Hall–Kier alpha value is -1.09. The van der Waals surface area contributed by atoms with E-state index < -0.39 is 0 Å². The van der Waals surface area contributed by atoms with Crippen LogP contribution >= 0.6 is 0 Å². The van der Waals surface area contributed by atoms with Gasteiger partial charge in [0, 0.05) is 18.0 Å². The molecule has 0 aliphatic carbocycles. The fourth-order valence-electron chi connectivity index (χ4n) is 1.88. The second-order valence-electron chi connectivity index (χ2n) is 4.33. The van der Waals surface area contributed by atoms with Gasteiger partial charge in [-0.1, -0.05) is 12.1 Å². The maximum atomic E-state index is 13.4. The highest BCUT2D eigenvalue weighted by Gasteiger charge is 2.33. The topological polar surface area (TPSA) is 35.2 Å². The molecular weight excluding hydrogens is 181 g/mol. The number of fused-ring (bicyclic) bond motifs is 1. The molecule has 2 nitrogen and oxygen atoms in total.